The van der Waals surface area contributed by atoms with Crippen LogP contribution in [-0.2, 0) is 16.9 Å². The Morgan fingerprint density at radius 3 is 1.71 bits per heavy atom. The van der Waals surface area contributed by atoms with Crippen LogP contribution in [0.5, 0.6) is 0 Å². The summed E-state index contributed by atoms with van der Waals surface area (Å²) in [5.74, 6) is -0.408. The molecule has 0 aliphatic carbocycles. The summed E-state index contributed by atoms with van der Waals surface area (Å²) in [6, 6.07) is 38.4. The highest BCUT2D eigenvalue weighted by molar-refractivity contribution is 5.93. The third-order valence-electron chi connectivity index (χ3n) is 6.36. The van der Waals surface area contributed by atoms with Crippen LogP contribution in [0, 0.1) is 0 Å². The molecule has 190 valence electrons. The Morgan fingerprint density at radius 2 is 1.24 bits per heavy atom. The number of aliphatic hydroxyl groups excluding tert-OH is 1. The monoisotopic (exact) mass is 504 g/mol. The Morgan fingerprint density at radius 1 is 0.763 bits per heavy atom. The Hall–Kier alpha value is -4.66. The maximum absolute atomic E-state index is 13.4. The minimum absolute atomic E-state index is 0.0657. The van der Waals surface area contributed by atoms with Crippen molar-refractivity contribution in [3.63, 3.8) is 0 Å². The molecule has 0 spiro atoms. The van der Waals surface area contributed by atoms with E-state index in [0.29, 0.717) is 6.54 Å². The molecule has 0 radical (unpaired) electrons. The summed E-state index contributed by atoms with van der Waals surface area (Å²) in [7, 11) is 0. The molecule has 5 aromatic rings. The number of hydrogen-bond donors (Lipinski definition) is 3. The number of aromatic nitrogens is 4. The summed E-state index contributed by atoms with van der Waals surface area (Å²) in [6.45, 7) is -0.0250. The number of tetrazole rings is 1. The van der Waals surface area contributed by atoms with E-state index in [-0.39, 0.29) is 5.95 Å². The lowest BCUT2D eigenvalue weighted by Crippen LogP contribution is -2.55. The minimum atomic E-state index is -0.989. The summed E-state index contributed by atoms with van der Waals surface area (Å²) in [5, 5.41) is 28.9. The molecular formula is C30H28N6O2. The van der Waals surface area contributed by atoms with Gasteiger partial charge in [-0.05, 0) is 27.5 Å². The van der Waals surface area contributed by atoms with Crippen molar-refractivity contribution in [3.8, 4) is 0 Å². The van der Waals surface area contributed by atoms with Crippen molar-refractivity contribution in [2.45, 2.75) is 18.1 Å². The van der Waals surface area contributed by atoms with Crippen LogP contribution in [0.4, 0.5) is 5.95 Å². The van der Waals surface area contributed by atoms with Crippen molar-refractivity contribution in [1.29, 1.82) is 0 Å². The van der Waals surface area contributed by atoms with E-state index in [1.165, 1.54) is 4.80 Å². The predicted octanol–water partition coefficient (Wildman–Crippen LogP) is 3.60. The summed E-state index contributed by atoms with van der Waals surface area (Å²) in [6.07, 6.45) is 0. The molecule has 5 rings (SSSR count). The third-order valence-corrected chi connectivity index (χ3v) is 6.36. The van der Waals surface area contributed by atoms with E-state index in [4.69, 9.17) is 0 Å². The Labute approximate surface area is 221 Å². The summed E-state index contributed by atoms with van der Waals surface area (Å²) < 4.78 is 0. The second-order valence-corrected chi connectivity index (χ2v) is 8.85. The lowest BCUT2D eigenvalue weighted by molar-refractivity contribution is -0.119. The normalized spacial score (nSPS) is 12.1. The number of benzene rings is 4. The quantitative estimate of drug-likeness (QED) is 0.251. The van der Waals surface area contributed by atoms with Gasteiger partial charge in [0.05, 0.1) is 18.7 Å². The standard InChI is InChI=1S/C30H28N6O2/c37-22-27(28(38)31-29-33-35-36(34-29)21-23-13-5-1-6-14-23)32-30(24-15-7-2-8-16-24,25-17-9-3-10-18-25)26-19-11-4-12-20-26/h1-20,27,32,37H,21-22H2,(H,31,34,38)/t27-/m0/s1. The van der Waals surface area contributed by atoms with Gasteiger partial charge in [-0.1, -0.05) is 126 Å². The molecule has 0 bridgehead atoms. The van der Waals surface area contributed by atoms with Crippen LogP contribution in [-0.4, -0.2) is 43.9 Å². The summed E-state index contributed by atoms with van der Waals surface area (Å²) in [5.41, 5.74) is 2.87. The van der Waals surface area contributed by atoms with E-state index in [1.54, 1.807) is 0 Å². The highest BCUT2D eigenvalue weighted by Gasteiger charge is 2.39. The zero-order chi connectivity index (χ0) is 26.2. The smallest absolute Gasteiger partial charge is 0.270 e. The molecule has 4 aromatic carbocycles. The van der Waals surface area contributed by atoms with E-state index in [1.807, 2.05) is 121 Å². The minimum Gasteiger partial charge on any atom is -0.394 e. The Bertz CT molecular complexity index is 1350. The summed E-state index contributed by atoms with van der Waals surface area (Å²) in [4.78, 5) is 14.8. The van der Waals surface area contributed by atoms with E-state index in [9.17, 15) is 9.90 Å². The lowest BCUT2D eigenvalue weighted by atomic mass is 9.76. The number of hydrogen-bond acceptors (Lipinski definition) is 6. The van der Waals surface area contributed by atoms with Gasteiger partial charge in [-0.25, -0.2) is 0 Å². The first kappa shape index (κ1) is 25.0. The van der Waals surface area contributed by atoms with Gasteiger partial charge < -0.3 is 5.11 Å². The van der Waals surface area contributed by atoms with Gasteiger partial charge in [0.15, 0.2) is 0 Å². The number of nitrogens with zero attached hydrogens (tertiary/aromatic N) is 4. The average molecular weight is 505 g/mol. The number of anilines is 1. The fourth-order valence-electron chi connectivity index (χ4n) is 4.57. The largest absolute Gasteiger partial charge is 0.394 e. The van der Waals surface area contributed by atoms with Crippen molar-refractivity contribution >= 4 is 11.9 Å². The first-order valence-electron chi connectivity index (χ1n) is 12.4. The molecule has 38 heavy (non-hydrogen) atoms. The van der Waals surface area contributed by atoms with Crippen LogP contribution in [0.25, 0.3) is 0 Å². The van der Waals surface area contributed by atoms with Crippen LogP contribution >= 0.6 is 0 Å². The maximum atomic E-state index is 13.4. The van der Waals surface area contributed by atoms with Gasteiger partial charge in [-0.3, -0.25) is 15.4 Å². The van der Waals surface area contributed by atoms with Gasteiger partial charge in [0, 0.05) is 0 Å². The fourth-order valence-corrected chi connectivity index (χ4v) is 4.57. The van der Waals surface area contributed by atoms with Gasteiger partial charge >= 0.3 is 0 Å². The molecule has 8 heteroatoms. The highest BCUT2D eigenvalue weighted by Crippen LogP contribution is 2.37. The third kappa shape index (κ3) is 5.36. The van der Waals surface area contributed by atoms with E-state index in [2.05, 4.69) is 26.0 Å². The topological polar surface area (TPSA) is 105 Å². The zero-order valence-corrected chi connectivity index (χ0v) is 20.7. The number of carbonyl (C=O) groups is 1. The van der Waals surface area contributed by atoms with Crippen molar-refractivity contribution in [1.82, 2.24) is 25.5 Å². The van der Waals surface area contributed by atoms with E-state index >= 15 is 0 Å². The number of amides is 1. The van der Waals surface area contributed by atoms with Crippen LogP contribution < -0.4 is 10.6 Å². The number of rotatable bonds is 10. The number of carbonyl (C=O) groups excluding carboxylic acids is 1. The molecule has 8 nitrogen and oxygen atoms in total. The molecule has 1 heterocycles. The first-order chi connectivity index (χ1) is 18.7. The highest BCUT2D eigenvalue weighted by atomic mass is 16.3. The van der Waals surface area contributed by atoms with Gasteiger partial charge in [-0.2, -0.15) is 4.80 Å². The second kappa shape index (κ2) is 11.6. The molecule has 1 atom stereocenters. The zero-order valence-electron chi connectivity index (χ0n) is 20.7. The molecule has 0 saturated carbocycles. The molecule has 0 saturated heterocycles. The second-order valence-electron chi connectivity index (χ2n) is 8.85. The maximum Gasteiger partial charge on any atom is 0.270 e. The van der Waals surface area contributed by atoms with Crippen LogP contribution in [0.15, 0.2) is 121 Å². The van der Waals surface area contributed by atoms with Gasteiger partial charge in [0.2, 0.25) is 5.91 Å². The van der Waals surface area contributed by atoms with Crippen molar-refractivity contribution in [2.24, 2.45) is 0 Å². The van der Waals surface area contributed by atoms with Crippen molar-refractivity contribution in [3.05, 3.63) is 144 Å². The van der Waals surface area contributed by atoms with Gasteiger partial charge in [0.25, 0.3) is 5.95 Å². The Kier molecular flexibility index (Phi) is 7.63. The molecule has 3 N–H and O–H groups in total. The molecular weight excluding hydrogens is 476 g/mol. The van der Waals surface area contributed by atoms with E-state index < -0.39 is 24.1 Å². The number of aliphatic hydroxyl groups is 1. The lowest BCUT2D eigenvalue weighted by Gasteiger charge is -2.39. The fraction of sp³-hybridized carbons (Fsp3) is 0.133. The summed E-state index contributed by atoms with van der Waals surface area (Å²) >= 11 is 0. The SMILES string of the molecule is O=C(Nc1nnn(Cc2ccccc2)n1)[C@H](CO)NC(c1ccccc1)(c1ccccc1)c1ccccc1. The van der Waals surface area contributed by atoms with Crippen LogP contribution in [0.3, 0.4) is 0 Å². The van der Waals surface area contributed by atoms with E-state index in [0.717, 1.165) is 22.3 Å². The molecule has 1 aromatic heterocycles. The Balaban J connectivity index is 1.46. The molecule has 0 aliphatic rings. The number of nitrogens with one attached hydrogen (secondary N) is 2. The van der Waals surface area contributed by atoms with Crippen molar-refractivity contribution in [2.75, 3.05) is 11.9 Å². The van der Waals surface area contributed by atoms with Crippen LogP contribution in [0.2, 0.25) is 0 Å². The van der Waals surface area contributed by atoms with Gasteiger partial charge in [0.1, 0.15) is 6.04 Å². The molecule has 0 unspecified atom stereocenters. The van der Waals surface area contributed by atoms with Crippen molar-refractivity contribution < 1.29 is 9.90 Å². The first-order valence-corrected chi connectivity index (χ1v) is 12.4. The van der Waals surface area contributed by atoms with Gasteiger partial charge in [-0.15, -0.1) is 5.10 Å². The molecule has 0 fully saturated rings. The van der Waals surface area contributed by atoms with Crippen LogP contribution in [0.1, 0.15) is 22.3 Å². The average Bonchev–Trinajstić information content (AvgIpc) is 3.42. The molecule has 1 amide bonds. The molecule has 0 aliphatic heterocycles. The predicted molar refractivity (Wildman–Crippen MR) is 145 cm³/mol.